The molecule has 0 aromatic heterocycles. The minimum atomic E-state index is -0.519. The Morgan fingerprint density at radius 2 is 2.07 bits per heavy atom. The molecule has 0 saturated carbocycles. The summed E-state index contributed by atoms with van der Waals surface area (Å²) in [5.41, 5.74) is 2.56. The van der Waals surface area contributed by atoms with E-state index >= 15 is 0 Å². The van der Waals surface area contributed by atoms with Crippen LogP contribution < -0.4 is 9.64 Å². The summed E-state index contributed by atoms with van der Waals surface area (Å²) in [7, 11) is 1.62. The van der Waals surface area contributed by atoms with Crippen molar-refractivity contribution in [2.24, 2.45) is 0 Å². The summed E-state index contributed by atoms with van der Waals surface area (Å²) in [6.45, 7) is 9.87. The third-order valence-corrected chi connectivity index (χ3v) is 5.01. The third kappa shape index (κ3) is 4.41. The Morgan fingerprint density at radius 1 is 1.32 bits per heavy atom. The molecule has 1 atom stereocenters. The number of anilines is 1. The molecule has 0 aliphatic carbocycles. The SMILES string of the molecule is COCCN1C(=O)COc2cc3c(cc21)C(C)CN(C(=O)OC(C)(C)C)CC3. The van der Waals surface area contributed by atoms with Gasteiger partial charge in [0.2, 0.25) is 0 Å². The number of rotatable bonds is 3. The number of fused-ring (bicyclic) bond motifs is 2. The highest BCUT2D eigenvalue weighted by Gasteiger charge is 2.31. The van der Waals surface area contributed by atoms with E-state index in [9.17, 15) is 9.59 Å². The molecule has 1 unspecified atom stereocenters. The van der Waals surface area contributed by atoms with Crippen molar-refractivity contribution in [3.05, 3.63) is 23.3 Å². The molecule has 0 spiro atoms. The maximum absolute atomic E-state index is 12.5. The van der Waals surface area contributed by atoms with Gasteiger partial charge in [0.25, 0.3) is 5.91 Å². The molecule has 0 radical (unpaired) electrons. The van der Waals surface area contributed by atoms with Gasteiger partial charge in [-0.25, -0.2) is 4.79 Å². The summed E-state index contributed by atoms with van der Waals surface area (Å²) >= 11 is 0. The van der Waals surface area contributed by atoms with Crippen molar-refractivity contribution in [2.45, 2.75) is 45.6 Å². The van der Waals surface area contributed by atoms with E-state index in [1.807, 2.05) is 32.9 Å². The summed E-state index contributed by atoms with van der Waals surface area (Å²) < 4.78 is 16.4. The monoisotopic (exact) mass is 390 g/mol. The summed E-state index contributed by atoms with van der Waals surface area (Å²) in [5.74, 6) is 0.769. The largest absolute Gasteiger partial charge is 0.482 e. The lowest BCUT2D eigenvalue weighted by Gasteiger charge is -2.31. The molecule has 0 fully saturated rings. The molecule has 0 N–H and O–H groups in total. The van der Waals surface area contributed by atoms with E-state index in [2.05, 4.69) is 6.92 Å². The molecule has 7 heteroatoms. The molecule has 2 amide bonds. The van der Waals surface area contributed by atoms with Crippen LogP contribution in [0.3, 0.4) is 0 Å². The molecule has 2 aliphatic rings. The highest BCUT2D eigenvalue weighted by atomic mass is 16.6. The molecular formula is C21H30N2O5. The van der Waals surface area contributed by atoms with Crippen LogP contribution in [0.25, 0.3) is 0 Å². The molecule has 1 aromatic carbocycles. The van der Waals surface area contributed by atoms with E-state index in [1.54, 1.807) is 16.9 Å². The van der Waals surface area contributed by atoms with Crippen LogP contribution in [0.4, 0.5) is 10.5 Å². The molecule has 2 aliphatic heterocycles. The predicted molar refractivity (Wildman–Crippen MR) is 106 cm³/mol. The van der Waals surface area contributed by atoms with Crippen LogP contribution in [0.5, 0.6) is 5.75 Å². The Morgan fingerprint density at radius 3 is 2.75 bits per heavy atom. The Labute approximate surface area is 166 Å². The van der Waals surface area contributed by atoms with Crippen LogP contribution in [-0.4, -0.2) is 62.5 Å². The fraction of sp³-hybridized carbons (Fsp3) is 0.619. The average Bonchev–Trinajstić information content (AvgIpc) is 2.77. The second-order valence-electron chi connectivity index (χ2n) is 8.42. The first-order valence-corrected chi connectivity index (χ1v) is 9.76. The lowest BCUT2D eigenvalue weighted by molar-refractivity contribution is -0.121. The average molecular weight is 390 g/mol. The number of ether oxygens (including phenoxy) is 3. The van der Waals surface area contributed by atoms with E-state index in [4.69, 9.17) is 14.2 Å². The normalized spacial score (nSPS) is 19.5. The van der Waals surface area contributed by atoms with Gasteiger partial charge in [0.1, 0.15) is 11.4 Å². The predicted octanol–water partition coefficient (Wildman–Crippen LogP) is 2.96. The van der Waals surface area contributed by atoms with Crippen molar-refractivity contribution >= 4 is 17.7 Å². The van der Waals surface area contributed by atoms with Crippen LogP contribution in [0.2, 0.25) is 0 Å². The fourth-order valence-corrected chi connectivity index (χ4v) is 3.68. The second kappa shape index (κ2) is 7.99. The Kier molecular flexibility index (Phi) is 5.84. The number of hydrogen-bond donors (Lipinski definition) is 0. The maximum atomic E-state index is 12.5. The van der Waals surface area contributed by atoms with E-state index < -0.39 is 5.60 Å². The van der Waals surface area contributed by atoms with Gasteiger partial charge in [-0.15, -0.1) is 0 Å². The van der Waals surface area contributed by atoms with Crippen molar-refractivity contribution in [2.75, 3.05) is 44.9 Å². The number of amides is 2. The van der Waals surface area contributed by atoms with Gasteiger partial charge < -0.3 is 24.0 Å². The van der Waals surface area contributed by atoms with Gasteiger partial charge in [0.05, 0.1) is 12.3 Å². The Hall–Kier alpha value is -2.28. The zero-order valence-electron chi connectivity index (χ0n) is 17.4. The summed E-state index contributed by atoms with van der Waals surface area (Å²) in [5, 5.41) is 0. The first-order valence-electron chi connectivity index (χ1n) is 9.76. The highest BCUT2D eigenvalue weighted by Crippen LogP contribution is 2.38. The second-order valence-corrected chi connectivity index (χ2v) is 8.42. The number of hydrogen-bond acceptors (Lipinski definition) is 5. The van der Waals surface area contributed by atoms with E-state index in [0.717, 1.165) is 23.2 Å². The molecular weight excluding hydrogens is 360 g/mol. The van der Waals surface area contributed by atoms with Crippen LogP contribution in [-0.2, 0) is 20.7 Å². The number of carbonyl (C=O) groups is 2. The third-order valence-electron chi connectivity index (χ3n) is 5.01. The van der Waals surface area contributed by atoms with Gasteiger partial charge in [0.15, 0.2) is 6.61 Å². The van der Waals surface area contributed by atoms with Crippen molar-refractivity contribution in [3.8, 4) is 5.75 Å². The van der Waals surface area contributed by atoms with Crippen LogP contribution >= 0.6 is 0 Å². The smallest absolute Gasteiger partial charge is 0.410 e. The van der Waals surface area contributed by atoms with E-state index in [1.165, 1.54) is 0 Å². The molecule has 2 heterocycles. The summed E-state index contributed by atoms with van der Waals surface area (Å²) in [6, 6.07) is 4.06. The van der Waals surface area contributed by atoms with Gasteiger partial charge in [-0.2, -0.15) is 0 Å². The number of nitrogens with zero attached hydrogens (tertiary/aromatic N) is 2. The van der Waals surface area contributed by atoms with Crippen molar-refractivity contribution in [1.82, 2.24) is 4.90 Å². The van der Waals surface area contributed by atoms with Gasteiger partial charge >= 0.3 is 6.09 Å². The van der Waals surface area contributed by atoms with Gasteiger partial charge in [-0.1, -0.05) is 6.92 Å². The topological polar surface area (TPSA) is 68.3 Å². The molecule has 7 nitrogen and oxygen atoms in total. The molecule has 0 bridgehead atoms. The summed E-state index contributed by atoms with van der Waals surface area (Å²) in [6.07, 6.45) is 0.437. The van der Waals surface area contributed by atoms with Gasteiger partial charge in [-0.3, -0.25) is 4.79 Å². The molecule has 0 saturated heterocycles. The van der Waals surface area contributed by atoms with E-state index in [-0.39, 0.29) is 24.5 Å². The molecule has 28 heavy (non-hydrogen) atoms. The number of carbonyl (C=O) groups excluding carboxylic acids is 2. The van der Waals surface area contributed by atoms with Crippen LogP contribution in [0.1, 0.15) is 44.7 Å². The zero-order chi connectivity index (χ0) is 20.5. The lowest BCUT2D eigenvalue weighted by Crippen LogP contribution is -2.41. The lowest BCUT2D eigenvalue weighted by atomic mass is 9.93. The Balaban J connectivity index is 1.86. The fourth-order valence-electron chi connectivity index (χ4n) is 3.68. The van der Waals surface area contributed by atoms with Gasteiger partial charge in [0, 0.05) is 26.7 Å². The maximum Gasteiger partial charge on any atom is 0.410 e. The van der Waals surface area contributed by atoms with E-state index in [0.29, 0.717) is 32.0 Å². The van der Waals surface area contributed by atoms with Crippen molar-refractivity contribution in [3.63, 3.8) is 0 Å². The van der Waals surface area contributed by atoms with Crippen molar-refractivity contribution in [1.29, 1.82) is 0 Å². The Bertz CT molecular complexity index is 756. The molecule has 3 rings (SSSR count). The van der Waals surface area contributed by atoms with Gasteiger partial charge in [-0.05, 0) is 56.4 Å². The van der Waals surface area contributed by atoms with Crippen LogP contribution in [0, 0.1) is 0 Å². The standard InChI is InChI=1S/C21H30N2O5/c1-14-12-22(20(25)28-21(2,3)4)7-6-15-10-18-17(11-16(14)15)23(8-9-26-5)19(24)13-27-18/h10-11,14H,6-9,12-13H2,1-5H3. The first-order chi connectivity index (χ1) is 13.2. The number of methoxy groups -OCH3 is 1. The molecule has 154 valence electrons. The summed E-state index contributed by atoms with van der Waals surface area (Å²) in [4.78, 5) is 28.4. The minimum absolute atomic E-state index is 0.0368. The van der Waals surface area contributed by atoms with Crippen LogP contribution in [0.15, 0.2) is 12.1 Å². The highest BCUT2D eigenvalue weighted by molar-refractivity contribution is 5.98. The number of benzene rings is 1. The molecule has 1 aromatic rings. The zero-order valence-corrected chi connectivity index (χ0v) is 17.4. The minimum Gasteiger partial charge on any atom is -0.482 e. The first kappa shape index (κ1) is 20.5. The quantitative estimate of drug-likeness (QED) is 0.794. The van der Waals surface area contributed by atoms with Crippen molar-refractivity contribution < 1.29 is 23.8 Å².